The first kappa shape index (κ1) is 13.7. The number of anilines is 2. The predicted octanol–water partition coefficient (Wildman–Crippen LogP) is 2.86. The van der Waals surface area contributed by atoms with Crippen LogP contribution >= 0.6 is 0 Å². The van der Waals surface area contributed by atoms with Gasteiger partial charge in [0.2, 0.25) is 0 Å². The van der Waals surface area contributed by atoms with Gasteiger partial charge in [0, 0.05) is 18.2 Å². The third-order valence-corrected chi connectivity index (χ3v) is 2.85. The molecule has 0 amide bonds. The zero-order valence-electron chi connectivity index (χ0n) is 10.7. The second kappa shape index (κ2) is 5.97. The topological polar surface area (TPSA) is 89.8 Å². The molecule has 20 heavy (non-hydrogen) atoms. The molecule has 0 heterocycles. The molecular weight excluding hydrogens is 258 g/mol. The average Bonchev–Trinajstić information content (AvgIpc) is 2.40. The number of para-hydroxylation sites is 1. The van der Waals surface area contributed by atoms with Crippen LogP contribution in [0.4, 0.5) is 11.4 Å². The van der Waals surface area contributed by atoms with Gasteiger partial charge in [-0.25, -0.2) is 0 Å². The lowest BCUT2D eigenvalue weighted by atomic mass is 10.1. The number of aryl methyl sites for hydroxylation is 1. The van der Waals surface area contributed by atoms with Gasteiger partial charge in [-0.05, 0) is 30.2 Å². The molecule has 0 aromatic heterocycles. The molecule has 2 aromatic carbocycles. The Kier molecular flexibility index (Phi) is 4.10. The zero-order valence-corrected chi connectivity index (χ0v) is 10.7. The van der Waals surface area contributed by atoms with Gasteiger partial charge < -0.3 is 20.6 Å². The average molecular weight is 273 g/mol. The van der Waals surface area contributed by atoms with Crippen LogP contribution in [-0.4, -0.2) is 21.3 Å². The van der Waals surface area contributed by atoms with Gasteiger partial charge in [-0.3, -0.25) is 4.79 Å². The summed E-state index contributed by atoms with van der Waals surface area (Å²) in [6.07, 6.45) is 0.222. The van der Waals surface area contributed by atoms with Crippen molar-refractivity contribution in [3.8, 4) is 11.5 Å². The molecular formula is C15H15NO4. The van der Waals surface area contributed by atoms with Gasteiger partial charge in [-0.2, -0.15) is 0 Å². The van der Waals surface area contributed by atoms with Crippen molar-refractivity contribution in [2.75, 3.05) is 5.32 Å². The first-order chi connectivity index (χ1) is 9.56. The molecule has 5 heteroatoms. The summed E-state index contributed by atoms with van der Waals surface area (Å²) in [5.74, 6) is -0.760. The SMILES string of the molecule is O=C(O)CCc1cccc(Nc2cccc(O)c2)c1O. The monoisotopic (exact) mass is 273 g/mol. The highest BCUT2D eigenvalue weighted by Gasteiger charge is 2.09. The van der Waals surface area contributed by atoms with Crippen LogP contribution in [0.3, 0.4) is 0 Å². The lowest BCUT2D eigenvalue weighted by Gasteiger charge is -2.11. The fourth-order valence-corrected chi connectivity index (χ4v) is 1.87. The van der Waals surface area contributed by atoms with Crippen molar-refractivity contribution in [2.45, 2.75) is 12.8 Å². The molecule has 0 aliphatic heterocycles. The van der Waals surface area contributed by atoms with Crippen molar-refractivity contribution in [2.24, 2.45) is 0 Å². The van der Waals surface area contributed by atoms with Crippen molar-refractivity contribution in [3.05, 3.63) is 48.0 Å². The van der Waals surface area contributed by atoms with Crippen LogP contribution in [0.15, 0.2) is 42.5 Å². The van der Waals surface area contributed by atoms with Crippen molar-refractivity contribution in [1.82, 2.24) is 0 Å². The molecule has 5 nitrogen and oxygen atoms in total. The van der Waals surface area contributed by atoms with Gasteiger partial charge >= 0.3 is 5.97 Å². The molecule has 0 radical (unpaired) electrons. The Labute approximate surface area is 116 Å². The lowest BCUT2D eigenvalue weighted by molar-refractivity contribution is -0.136. The van der Waals surface area contributed by atoms with E-state index in [0.29, 0.717) is 16.9 Å². The van der Waals surface area contributed by atoms with Crippen LogP contribution in [0.1, 0.15) is 12.0 Å². The smallest absolute Gasteiger partial charge is 0.303 e. The minimum atomic E-state index is -0.907. The summed E-state index contributed by atoms with van der Waals surface area (Å²) >= 11 is 0. The number of nitrogens with one attached hydrogen (secondary N) is 1. The minimum Gasteiger partial charge on any atom is -0.508 e. The molecule has 0 saturated carbocycles. The van der Waals surface area contributed by atoms with Gasteiger partial charge in [0.15, 0.2) is 0 Å². The number of phenols is 2. The summed E-state index contributed by atoms with van der Waals surface area (Å²) in [7, 11) is 0. The zero-order chi connectivity index (χ0) is 14.5. The third-order valence-electron chi connectivity index (χ3n) is 2.85. The fraction of sp³-hybridized carbons (Fsp3) is 0.133. The van der Waals surface area contributed by atoms with E-state index in [4.69, 9.17) is 5.11 Å². The number of rotatable bonds is 5. The maximum atomic E-state index is 10.6. The van der Waals surface area contributed by atoms with E-state index >= 15 is 0 Å². The number of benzene rings is 2. The standard InChI is InChI=1S/C15H15NO4/c17-12-5-2-4-11(9-12)16-13-6-1-3-10(15(13)20)7-8-14(18)19/h1-6,9,16-17,20H,7-8H2,(H,18,19). The highest BCUT2D eigenvalue weighted by Crippen LogP contribution is 2.31. The number of hydrogen-bond donors (Lipinski definition) is 4. The van der Waals surface area contributed by atoms with Gasteiger partial charge in [0.25, 0.3) is 0 Å². The molecule has 0 aliphatic carbocycles. The van der Waals surface area contributed by atoms with Crippen LogP contribution in [-0.2, 0) is 11.2 Å². The summed E-state index contributed by atoms with van der Waals surface area (Å²) < 4.78 is 0. The Balaban J connectivity index is 2.20. The van der Waals surface area contributed by atoms with Gasteiger partial charge in [-0.15, -0.1) is 0 Å². The summed E-state index contributed by atoms with van der Waals surface area (Å²) in [6.45, 7) is 0. The molecule has 0 atom stereocenters. The summed E-state index contributed by atoms with van der Waals surface area (Å²) in [4.78, 5) is 10.6. The second-order valence-electron chi connectivity index (χ2n) is 4.38. The Morgan fingerprint density at radius 1 is 1.10 bits per heavy atom. The van der Waals surface area contributed by atoms with Crippen molar-refractivity contribution >= 4 is 17.3 Å². The number of carbonyl (C=O) groups is 1. The molecule has 104 valence electrons. The minimum absolute atomic E-state index is 0.0251. The fourth-order valence-electron chi connectivity index (χ4n) is 1.87. The highest BCUT2D eigenvalue weighted by atomic mass is 16.4. The maximum Gasteiger partial charge on any atom is 0.303 e. The number of aromatic hydroxyl groups is 2. The van der Waals surface area contributed by atoms with E-state index in [-0.39, 0.29) is 24.3 Å². The third kappa shape index (κ3) is 3.41. The number of carboxylic acids is 1. The summed E-state index contributed by atoms with van der Waals surface area (Å²) in [6, 6.07) is 11.6. The Morgan fingerprint density at radius 2 is 1.85 bits per heavy atom. The first-order valence-corrected chi connectivity index (χ1v) is 6.15. The Morgan fingerprint density at radius 3 is 2.55 bits per heavy atom. The normalized spacial score (nSPS) is 10.2. The van der Waals surface area contributed by atoms with Crippen LogP contribution in [0.2, 0.25) is 0 Å². The van der Waals surface area contributed by atoms with Crippen LogP contribution in [0.5, 0.6) is 11.5 Å². The molecule has 0 bridgehead atoms. The van der Waals surface area contributed by atoms with E-state index in [9.17, 15) is 15.0 Å². The number of aliphatic carboxylic acids is 1. The predicted molar refractivity (Wildman–Crippen MR) is 75.5 cm³/mol. The maximum absolute atomic E-state index is 10.6. The van der Waals surface area contributed by atoms with E-state index in [1.54, 1.807) is 36.4 Å². The lowest BCUT2D eigenvalue weighted by Crippen LogP contribution is -1.99. The quantitative estimate of drug-likeness (QED) is 0.629. The van der Waals surface area contributed by atoms with Crippen LogP contribution in [0.25, 0.3) is 0 Å². The molecule has 0 aliphatic rings. The first-order valence-electron chi connectivity index (χ1n) is 6.15. The van der Waals surface area contributed by atoms with E-state index in [0.717, 1.165) is 0 Å². The number of carboxylic acid groups (broad SMARTS) is 1. The summed E-state index contributed by atoms with van der Waals surface area (Å²) in [5, 5.41) is 31.2. The van der Waals surface area contributed by atoms with Gasteiger partial charge in [0.05, 0.1) is 5.69 Å². The Bertz CT molecular complexity index is 625. The highest BCUT2D eigenvalue weighted by molar-refractivity contribution is 5.70. The second-order valence-corrected chi connectivity index (χ2v) is 4.38. The molecule has 4 N–H and O–H groups in total. The summed E-state index contributed by atoms with van der Waals surface area (Å²) in [5.41, 5.74) is 1.67. The van der Waals surface area contributed by atoms with Gasteiger partial charge in [-0.1, -0.05) is 18.2 Å². The van der Waals surface area contributed by atoms with Crippen molar-refractivity contribution in [3.63, 3.8) is 0 Å². The van der Waals surface area contributed by atoms with E-state index in [1.165, 1.54) is 6.07 Å². The van der Waals surface area contributed by atoms with Crippen molar-refractivity contribution in [1.29, 1.82) is 0 Å². The molecule has 0 unspecified atom stereocenters. The van der Waals surface area contributed by atoms with Crippen molar-refractivity contribution < 1.29 is 20.1 Å². The van der Waals surface area contributed by atoms with Crippen LogP contribution < -0.4 is 5.32 Å². The van der Waals surface area contributed by atoms with Crippen LogP contribution in [0, 0.1) is 0 Å². The van der Waals surface area contributed by atoms with Gasteiger partial charge in [0.1, 0.15) is 11.5 Å². The Hall–Kier alpha value is -2.69. The van der Waals surface area contributed by atoms with E-state index < -0.39 is 5.97 Å². The van der Waals surface area contributed by atoms with E-state index in [1.807, 2.05) is 0 Å². The molecule has 0 fully saturated rings. The number of phenolic OH excluding ortho intramolecular Hbond substituents is 2. The molecule has 0 spiro atoms. The largest absolute Gasteiger partial charge is 0.508 e. The molecule has 2 rings (SSSR count). The van der Waals surface area contributed by atoms with E-state index in [2.05, 4.69) is 5.32 Å². The number of hydrogen-bond acceptors (Lipinski definition) is 4. The molecule has 2 aromatic rings. The molecule has 0 saturated heterocycles.